The van der Waals surface area contributed by atoms with Gasteiger partial charge in [-0.15, -0.1) is 0 Å². The van der Waals surface area contributed by atoms with Gasteiger partial charge in [0.2, 0.25) is 0 Å². The predicted octanol–water partition coefficient (Wildman–Crippen LogP) is 1.33. The summed E-state index contributed by atoms with van der Waals surface area (Å²) in [6, 6.07) is 0. The topological polar surface area (TPSA) is 40.5 Å². The van der Waals surface area contributed by atoms with E-state index in [2.05, 4.69) is 11.8 Å². The Morgan fingerprint density at radius 3 is 2.31 bits per heavy atom. The van der Waals surface area contributed by atoms with Gasteiger partial charge >= 0.3 is 0 Å². The van der Waals surface area contributed by atoms with E-state index in [-0.39, 0.29) is 5.92 Å². The molecule has 2 nitrogen and oxygen atoms in total. The molecule has 0 aromatic rings. The fourth-order valence-corrected chi connectivity index (χ4v) is 0.595. The van der Waals surface area contributed by atoms with Gasteiger partial charge in [-0.1, -0.05) is 31.8 Å². The summed E-state index contributed by atoms with van der Waals surface area (Å²) in [4.78, 5) is 0. The fourth-order valence-electron chi connectivity index (χ4n) is 0.595. The van der Waals surface area contributed by atoms with Crippen LogP contribution >= 0.6 is 0 Å². The number of aliphatic hydroxyl groups is 2. The minimum Gasteiger partial charge on any atom is -0.378 e. The van der Waals surface area contributed by atoms with Gasteiger partial charge in [0, 0.05) is 0 Å². The first kappa shape index (κ1) is 12.2. The van der Waals surface area contributed by atoms with Gasteiger partial charge in [0.05, 0.1) is 0 Å². The Kier molecular flexibility index (Phi) is 4.76. The quantitative estimate of drug-likeness (QED) is 0.499. The maximum Gasteiger partial charge on any atom is 0.133 e. The fraction of sp³-hybridized carbons (Fsp3) is 0.636. The molecule has 2 heteroatoms. The molecule has 13 heavy (non-hydrogen) atoms. The Balaban J connectivity index is 4.39. The molecule has 0 bridgehead atoms. The summed E-state index contributed by atoms with van der Waals surface area (Å²) in [6.07, 6.45) is 2.52. The molecular formula is C11H18O2. The Morgan fingerprint density at radius 2 is 1.92 bits per heavy atom. The van der Waals surface area contributed by atoms with Crippen molar-refractivity contribution in [1.29, 1.82) is 0 Å². The van der Waals surface area contributed by atoms with Crippen molar-refractivity contribution in [3.05, 3.63) is 12.2 Å². The van der Waals surface area contributed by atoms with Crippen molar-refractivity contribution in [2.45, 2.75) is 39.4 Å². The van der Waals surface area contributed by atoms with E-state index in [1.807, 2.05) is 20.8 Å². The minimum atomic E-state index is -1.03. The Hall–Kier alpha value is -0.780. The Labute approximate surface area is 80.3 Å². The Bertz CT molecular complexity index is 228. The second-order valence-electron chi connectivity index (χ2n) is 3.54. The average Bonchev–Trinajstić information content (AvgIpc) is 2.01. The van der Waals surface area contributed by atoms with Gasteiger partial charge in [0.25, 0.3) is 0 Å². The molecule has 0 saturated carbocycles. The summed E-state index contributed by atoms with van der Waals surface area (Å²) in [7, 11) is 0. The average molecular weight is 182 g/mol. The van der Waals surface area contributed by atoms with Crippen molar-refractivity contribution in [3.63, 3.8) is 0 Å². The van der Waals surface area contributed by atoms with Crippen molar-refractivity contribution >= 4 is 0 Å². The lowest BCUT2D eigenvalue weighted by Crippen LogP contribution is -2.29. The van der Waals surface area contributed by atoms with Crippen LogP contribution in [-0.4, -0.2) is 21.9 Å². The first-order valence-corrected chi connectivity index (χ1v) is 4.46. The number of allylic oxidation sites excluding steroid dienone is 1. The summed E-state index contributed by atoms with van der Waals surface area (Å²) < 4.78 is 0. The second-order valence-corrected chi connectivity index (χ2v) is 3.54. The molecule has 0 rings (SSSR count). The van der Waals surface area contributed by atoms with E-state index < -0.39 is 11.7 Å². The normalized spacial score (nSPS) is 18.1. The maximum atomic E-state index is 9.70. The van der Waals surface area contributed by atoms with Crippen LogP contribution < -0.4 is 0 Å². The monoisotopic (exact) mass is 182 g/mol. The Morgan fingerprint density at radius 1 is 1.38 bits per heavy atom. The zero-order chi connectivity index (χ0) is 10.5. The highest BCUT2D eigenvalue weighted by atomic mass is 16.3. The second kappa shape index (κ2) is 5.06. The molecular weight excluding hydrogens is 164 g/mol. The molecule has 0 aromatic heterocycles. The lowest BCUT2D eigenvalue weighted by molar-refractivity contribution is 0.0722. The largest absolute Gasteiger partial charge is 0.378 e. The van der Waals surface area contributed by atoms with Gasteiger partial charge in [-0.3, -0.25) is 0 Å². The van der Waals surface area contributed by atoms with Crippen molar-refractivity contribution in [2.24, 2.45) is 5.92 Å². The minimum absolute atomic E-state index is 0.0535. The highest BCUT2D eigenvalue weighted by Crippen LogP contribution is 2.14. The van der Waals surface area contributed by atoms with Gasteiger partial charge in [0.15, 0.2) is 0 Å². The number of hydrogen-bond donors (Lipinski definition) is 2. The van der Waals surface area contributed by atoms with Crippen molar-refractivity contribution < 1.29 is 10.2 Å². The van der Waals surface area contributed by atoms with Crippen LogP contribution in [0.5, 0.6) is 0 Å². The molecule has 0 aliphatic rings. The molecule has 0 fully saturated rings. The summed E-state index contributed by atoms with van der Waals surface area (Å²) in [5, 5.41) is 18.9. The summed E-state index contributed by atoms with van der Waals surface area (Å²) in [5.74, 6) is 5.27. The van der Waals surface area contributed by atoms with E-state index in [0.29, 0.717) is 0 Å². The molecule has 0 aliphatic heterocycles. The molecule has 74 valence electrons. The highest BCUT2D eigenvalue weighted by molar-refractivity contribution is 5.19. The van der Waals surface area contributed by atoms with Crippen LogP contribution in [0.3, 0.4) is 0 Å². The van der Waals surface area contributed by atoms with E-state index in [9.17, 15) is 10.2 Å². The number of rotatable bonds is 2. The number of aliphatic hydroxyl groups excluding tert-OH is 1. The molecule has 0 amide bonds. The molecule has 2 unspecified atom stereocenters. The molecule has 0 radical (unpaired) electrons. The van der Waals surface area contributed by atoms with E-state index in [0.717, 1.165) is 0 Å². The summed E-state index contributed by atoms with van der Waals surface area (Å²) in [5.41, 5.74) is -1.03. The smallest absolute Gasteiger partial charge is 0.133 e. The van der Waals surface area contributed by atoms with Crippen LogP contribution in [0.1, 0.15) is 27.7 Å². The third-order valence-electron chi connectivity index (χ3n) is 1.97. The summed E-state index contributed by atoms with van der Waals surface area (Å²) in [6.45, 7) is 7.23. The SMILES string of the molecule is C/C=C/C(O)C#CC(C)(O)C(C)C. The van der Waals surface area contributed by atoms with E-state index in [1.54, 1.807) is 19.1 Å². The highest BCUT2D eigenvalue weighted by Gasteiger charge is 2.21. The van der Waals surface area contributed by atoms with Gasteiger partial charge in [-0.05, 0) is 25.8 Å². The van der Waals surface area contributed by atoms with Crippen LogP contribution in [0.4, 0.5) is 0 Å². The third-order valence-corrected chi connectivity index (χ3v) is 1.97. The maximum absolute atomic E-state index is 9.70. The van der Waals surface area contributed by atoms with Gasteiger partial charge in [-0.2, -0.15) is 0 Å². The molecule has 0 saturated heterocycles. The van der Waals surface area contributed by atoms with Crippen molar-refractivity contribution in [2.75, 3.05) is 0 Å². The molecule has 2 N–H and O–H groups in total. The zero-order valence-corrected chi connectivity index (χ0v) is 8.70. The molecule has 0 aromatic carbocycles. The van der Waals surface area contributed by atoms with Crippen molar-refractivity contribution in [1.82, 2.24) is 0 Å². The van der Waals surface area contributed by atoms with Gasteiger partial charge in [-0.25, -0.2) is 0 Å². The zero-order valence-electron chi connectivity index (χ0n) is 8.70. The number of hydrogen-bond acceptors (Lipinski definition) is 2. The lowest BCUT2D eigenvalue weighted by atomic mass is 9.93. The van der Waals surface area contributed by atoms with Crippen LogP contribution in [0.25, 0.3) is 0 Å². The molecule has 0 aliphatic carbocycles. The van der Waals surface area contributed by atoms with Gasteiger partial charge < -0.3 is 10.2 Å². The van der Waals surface area contributed by atoms with Crippen LogP contribution in [-0.2, 0) is 0 Å². The van der Waals surface area contributed by atoms with Crippen LogP contribution in [0.2, 0.25) is 0 Å². The molecule has 2 atom stereocenters. The van der Waals surface area contributed by atoms with E-state index >= 15 is 0 Å². The molecule has 0 spiro atoms. The third kappa shape index (κ3) is 4.72. The standard InChI is InChI=1S/C11H18O2/c1-5-6-10(12)7-8-11(4,13)9(2)3/h5-6,9-10,12-13H,1-4H3/b6-5+. The first-order chi connectivity index (χ1) is 5.90. The van der Waals surface area contributed by atoms with Crippen molar-refractivity contribution in [3.8, 4) is 11.8 Å². The van der Waals surface area contributed by atoms with E-state index in [4.69, 9.17) is 0 Å². The van der Waals surface area contributed by atoms with Crippen LogP contribution in [0.15, 0.2) is 12.2 Å². The summed E-state index contributed by atoms with van der Waals surface area (Å²) >= 11 is 0. The van der Waals surface area contributed by atoms with Crippen LogP contribution in [0, 0.1) is 17.8 Å². The predicted molar refractivity (Wildman–Crippen MR) is 54.1 cm³/mol. The molecule has 0 heterocycles. The first-order valence-electron chi connectivity index (χ1n) is 4.46. The van der Waals surface area contributed by atoms with E-state index in [1.165, 1.54) is 0 Å². The van der Waals surface area contributed by atoms with Gasteiger partial charge in [0.1, 0.15) is 11.7 Å². The lowest BCUT2D eigenvalue weighted by Gasteiger charge is -2.20.